The second kappa shape index (κ2) is 8.87. The highest BCUT2D eigenvalue weighted by molar-refractivity contribution is 6.04. The van der Waals surface area contributed by atoms with Crippen LogP contribution < -0.4 is 15.4 Å². The van der Waals surface area contributed by atoms with Gasteiger partial charge in [-0.15, -0.1) is 10.2 Å². The van der Waals surface area contributed by atoms with Gasteiger partial charge < -0.3 is 15.4 Å². The molecule has 0 saturated heterocycles. The fourth-order valence-corrected chi connectivity index (χ4v) is 2.89. The molecule has 30 heavy (non-hydrogen) atoms. The van der Waals surface area contributed by atoms with Gasteiger partial charge in [0.1, 0.15) is 5.75 Å². The van der Waals surface area contributed by atoms with Crippen molar-refractivity contribution >= 4 is 23.1 Å². The van der Waals surface area contributed by atoms with Gasteiger partial charge in [0.2, 0.25) is 0 Å². The molecule has 0 aliphatic rings. The monoisotopic (exact) mass is 396 g/mol. The molecular formula is C24H20N4O2. The molecule has 4 rings (SSSR count). The average Bonchev–Trinajstić information content (AvgIpc) is 2.81. The molecule has 148 valence electrons. The third kappa shape index (κ3) is 4.62. The zero-order valence-electron chi connectivity index (χ0n) is 16.4. The Morgan fingerprint density at radius 2 is 1.47 bits per heavy atom. The van der Waals surface area contributed by atoms with E-state index in [0.29, 0.717) is 17.1 Å². The van der Waals surface area contributed by atoms with E-state index in [1.165, 1.54) is 0 Å². The van der Waals surface area contributed by atoms with Crippen molar-refractivity contribution in [1.82, 2.24) is 10.2 Å². The lowest BCUT2D eigenvalue weighted by molar-refractivity contribution is 0.102. The lowest BCUT2D eigenvalue weighted by atomic mass is 10.1. The van der Waals surface area contributed by atoms with Crippen molar-refractivity contribution in [3.8, 4) is 17.0 Å². The minimum Gasteiger partial charge on any atom is -0.497 e. The quantitative estimate of drug-likeness (QED) is 0.471. The second-order valence-corrected chi connectivity index (χ2v) is 6.55. The van der Waals surface area contributed by atoms with E-state index in [4.69, 9.17) is 4.74 Å². The Morgan fingerprint density at radius 1 is 0.767 bits per heavy atom. The maximum atomic E-state index is 12.4. The van der Waals surface area contributed by atoms with Crippen molar-refractivity contribution < 1.29 is 9.53 Å². The van der Waals surface area contributed by atoms with Crippen LogP contribution in [0.4, 0.5) is 17.2 Å². The number of carbonyl (C=O) groups is 1. The summed E-state index contributed by atoms with van der Waals surface area (Å²) in [4.78, 5) is 12.4. The predicted octanol–water partition coefficient (Wildman–Crippen LogP) is 5.15. The molecule has 1 aromatic heterocycles. The summed E-state index contributed by atoms with van der Waals surface area (Å²) < 4.78 is 5.12. The second-order valence-electron chi connectivity index (χ2n) is 6.55. The number of nitrogens with zero attached hydrogens (tertiary/aromatic N) is 2. The van der Waals surface area contributed by atoms with Crippen LogP contribution in [0.15, 0.2) is 91.0 Å². The van der Waals surface area contributed by atoms with E-state index in [-0.39, 0.29) is 5.91 Å². The van der Waals surface area contributed by atoms with Crippen LogP contribution in [0.2, 0.25) is 0 Å². The fraction of sp³-hybridized carbons (Fsp3) is 0.0417. The number of nitrogens with one attached hydrogen (secondary N) is 2. The minimum atomic E-state index is -0.182. The Morgan fingerprint density at radius 3 is 2.10 bits per heavy atom. The van der Waals surface area contributed by atoms with Crippen LogP contribution in [-0.4, -0.2) is 23.2 Å². The molecule has 1 amide bonds. The fourth-order valence-electron chi connectivity index (χ4n) is 2.89. The van der Waals surface area contributed by atoms with Crippen molar-refractivity contribution in [3.05, 3.63) is 96.6 Å². The summed E-state index contributed by atoms with van der Waals surface area (Å²) in [5, 5.41) is 14.5. The van der Waals surface area contributed by atoms with E-state index in [9.17, 15) is 4.79 Å². The summed E-state index contributed by atoms with van der Waals surface area (Å²) in [6, 6.07) is 28.0. The van der Waals surface area contributed by atoms with Crippen LogP contribution in [0.5, 0.6) is 5.75 Å². The van der Waals surface area contributed by atoms with Gasteiger partial charge in [-0.2, -0.15) is 0 Å². The molecule has 0 aliphatic carbocycles. The third-order valence-corrected chi connectivity index (χ3v) is 4.50. The number of amides is 1. The number of hydrogen-bond donors (Lipinski definition) is 2. The summed E-state index contributed by atoms with van der Waals surface area (Å²) >= 11 is 0. The van der Waals surface area contributed by atoms with Gasteiger partial charge in [0.25, 0.3) is 5.91 Å². The molecule has 0 fully saturated rings. The Labute approximate surface area is 174 Å². The first-order valence-electron chi connectivity index (χ1n) is 9.43. The van der Waals surface area contributed by atoms with Crippen LogP contribution in [0.25, 0.3) is 11.3 Å². The van der Waals surface area contributed by atoms with Gasteiger partial charge in [0, 0.05) is 22.5 Å². The minimum absolute atomic E-state index is 0.182. The zero-order chi connectivity index (χ0) is 20.8. The highest BCUT2D eigenvalue weighted by atomic mass is 16.5. The number of carbonyl (C=O) groups excluding carboxylic acids is 1. The SMILES string of the molecule is COc1ccc(NC(=O)c2ccc(Nc3ccc(-c4ccccc4)nn3)cc2)cc1. The molecule has 0 bridgehead atoms. The number of aromatic nitrogens is 2. The molecule has 4 aromatic rings. The molecular weight excluding hydrogens is 376 g/mol. The number of ether oxygens (including phenoxy) is 1. The molecule has 6 heteroatoms. The summed E-state index contributed by atoms with van der Waals surface area (Å²) in [7, 11) is 1.60. The third-order valence-electron chi connectivity index (χ3n) is 4.50. The van der Waals surface area contributed by atoms with E-state index >= 15 is 0 Å². The molecule has 0 radical (unpaired) electrons. The lowest BCUT2D eigenvalue weighted by Gasteiger charge is -2.08. The Balaban J connectivity index is 1.38. The summed E-state index contributed by atoms with van der Waals surface area (Å²) in [6.07, 6.45) is 0. The van der Waals surface area contributed by atoms with Gasteiger partial charge in [0.05, 0.1) is 12.8 Å². The summed E-state index contributed by atoms with van der Waals surface area (Å²) in [6.45, 7) is 0. The normalized spacial score (nSPS) is 10.3. The first-order valence-corrected chi connectivity index (χ1v) is 9.43. The van der Waals surface area contributed by atoms with Crippen molar-refractivity contribution in [2.75, 3.05) is 17.7 Å². The highest BCUT2D eigenvalue weighted by Crippen LogP contribution is 2.20. The smallest absolute Gasteiger partial charge is 0.255 e. The average molecular weight is 396 g/mol. The van der Waals surface area contributed by atoms with Crippen molar-refractivity contribution in [1.29, 1.82) is 0 Å². The molecule has 0 unspecified atom stereocenters. The molecule has 6 nitrogen and oxygen atoms in total. The van der Waals surface area contributed by atoms with E-state index in [0.717, 1.165) is 22.7 Å². The van der Waals surface area contributed by atoms with Gasteiger partial charge in [-0.05, 0) is 60.7 Å². The Bertz CT molecular complexity index is 1110. The standard InChI is InChI=1S/C24H20N4O2/c1-30-21-13-11-20(12-14-21)26-24(29)18-7-9-19(10-8-18)25-23-16-15-22(27-28-23)17-5-3-2-4-6-17/h2-16H,1H3,(H,25,28)(H,26,29). The number of anilines is 3. The molecule has 0 atom stereocenters. The number of benzene rings is 3. The van der Waals surface area contributed by atoms with Crippen LogP contribution in [0, 0.1) is 0 Å². The molecule has 3 aromatic carbocycles. The number of methoxy groups -OCH3 is 1. The van der Waals surface area contributed by atoms with E-state index in [1.54, 1.807) is 43.5 Å². The maximum absolute atomic E-state index is 12.4. The van der Waals surface area contributed by atoms with Crippen LogP contribution in [0.3, 0.4) is 0 Å². The molecule has 0 spiro atoms. The van der Waals surface area contributed by atoms with E-state index < -0.39 is 0 Å². The lowest BCUT2D eigenvalue weighted by Crippen LogP contribution is -2.11. The predicted molar refractivity (Wildman–Crippen MR) is 118 cm³/mol. The van der Waals surface area contributed by atoms with Gasteiger partial charge in [-0.25, -0.2) is 0 Å². The van der Waals surface area contributed by atoms with Crippen molar-refractivity contribution in [3.63, 3.8) is 0 Å². The van der Waals surface area contributed by atoms with Gasteiger partial charge in [0.15, 0.2) is 5.82 Å². The van der Waals surface area contributed by atoms with E-state index in [2.05, 4.69) is 20.8 Å². The Kier molecular flexibility index (Phi) is 5.66. The van der Waals surface area contributed by atoms with Crippen molar-refractivity contribution in [2.24, 2.45) is 0 Å². The van der Waals surface area contributed by atoms with Gasteiger partial charge in [-0.3, -0.25) is 4.79 Å². The first kappa shape index (κ1) is 19.1. The van der Waals surface area contributed by atoms with Crippen LogP contribution in [0.1, 0.15) is 10.4 Å². The van der Waals surface area contributed by atoms with Crippen LogP contribution >= 0.6 is 0 Å². The molecule has 1 heterocycles. The van der Waals surface area contributed by atoms with Crippen LogP contribution in [-0.2, 0) is 0 Å². The Hall–Kier alpha value is -4.19. The van der Waals surface area contributed by atoms with Gasteiger partial charge in [-0.1, -0.05) is 30.3 Å². The van der Waals surface area contributed by atoms with Crippen molar-refractivity contribution in [2.45, 2.75) is 0 Å². The summed E-state index contributed by atoms with van der Waals surface area (Å²) in [5.74, 6) is 1.19. The molecule has 0 saturated carbocycles. The largest absolute Gasteiger partial charge is 0.497 e. The topological polar surface area (TPSA) is 76.1 Å². The highest BCUT2D eigenvalue weighted by Gasteiger charge is 2.07. The summed E-state index contributed by atoms with van der Waals surface area (Å²) in [5.41, 5.74) is 3.91. The first-order chi connectivity index (χ1) is 14.7. The number of rotatable bonds is 6. The number of hydrogen-bond acceptors (Lipinski definition) is 5. The van der Waals surface area contributed by atoms with E-state index in [1.807, 2.05) is 54.6 Å². The van der Waals surface area contributed by atoms with Gasteiger partial charge >= 0.3 is 0 Å². The zero-order valence-corrected chi connectivity index (χ0v) is 16.4. The molecule has 0 aliphatic heterocycles. The molecule has 2 N–H and O–H groups in total. The maximum Gasteiger partial charge on any atom is 0.255 e.